The number of sulfonamides is 1. The quantitative estimate of drug-likeness (QED) is 0.595. The summed E-state index contributed by atoms with van der Waals surface area (Å²) in [6.45, 7) is 3.04. The highest BCUT2D eigenvalue weighted by Crippen LogP contribution is 2.15. The average Bonchev–Trinajstić information content (AvgIpc) is 3.02. The van der Waals surface area contributed by atoms with Crippen molar-refractivity contribution in [1.29, 1.82) is 0 Å². The van der Waals surface area contributed by atoms with Crippen LogP contribution in [0.5, 0.6) is 0 Å². The standard InChI is InChI=1S/C16H21NO4S/c1-14(13-22(19,20)17-10-5-6-11-17)9-12-21-16(18)15-7-3-2-4-8-15/h2-4,7-9H,5-6,10-13H2,1H3/b14-9-. The van der Waals surface area contributed by atoms with E-state index in [1.807, 2.05) is 6.07 Å². The van der Waals surface area contributed by atoms with Crippen molar-refractivity contribution >= 4 is 16.0 Å². The lowest BCUT2D eigenvalue weighted by molar-refractivity contribution is 0.0549. The van der Waals surface area contributed by atoms with Gasteiger partial charge in [0.2, 0.25) is 10.0 Å². The molecule has 0 amide bonds. The summed E-state index contributed by atoms with van der Waals surface area (Å²) in [7, 11) is -3.24. The number of rotatable bonds is 6. The molecule has 1 saturated heterocycles. The van der Waals surface area contributed by atoms with E-state index in [9.17, 15) is 13.2 Å². The molecule has 0 saturated carbocycles. The first kappa shape index (κ1) is 16.7. The fourth-order valence-corrected chi connectivity index (χ4v) is 4.01. The third-order valence-electron chi connectivity index (χ3n) is 3.52. The van der Waals surface area contributed by atoms with E-state index in [0.717, 1.165) is 12.8 Å². The smallest absolute Gasteiger partial charge is 0.338 e. The molecular formula is C16H21NO4S. The maximum Gasteiger partial charge on any atom is 0.338 e. The molecule has 0 radical (unpaired) electrons. The zero-order valence-electron chi connectivity index (χ0n) is 12.7. The van der Waals surface area contributed by atoms with E-state index >= 15 is 0 Å². The van der Waals surface area contributed by atoms with Crippen LogP contribution in [0, 0.1) is 0 Å². The Bertz CT molecular complexity index is 631. The molecule has 0 atom stereocenters. The second-order valence-electron chi connectivity index (χ2n) is 5.38. The largest absolute Gasteiger partial charge is 0.458 e. The molecule has 0 aromatic heterocycles. The fourth-order valence-electron chi connectivity index (χ4n) is 2.32. The van der Waals surface area contributed by atoms with E-state index in [-0.39, 0.29) is 12.4 Å². The predicted octanol–water partition coefficient (Wildman–Crippen LogP) is 2.22. The number of hydrogen-bond acceptors (Lipinski definition) is 4. The van der Waals surface area contributed by atoms with E-state index in [0.29, 0.717) is 24.2 Å². The minimum Gasteiger partial charge on any atom is -0.458 e. The van der Waals surface area contributed by atoms with Gasteiger partial charge < -0.3 is 4.74 Å². The van der Waals surface area contributed by atoms with Crippen molar-refractivity contribution in [2.75, 3.05) is 25.4 Å². The summed E-state index contributed by atoms with van der Waals surface area (Å²) in [5.74, 6) is -0.428. The van der Waals surface area contributed by atoms with Gasteiger partial charge in [-0.1, -0.05) is 23.8 Å². The van der Waals surface area contributed by atoms with Crippen molar-refractivity contribution < 1.29 is 17.9 Å². The Hall–Kier alpha value is -1.66. The number of benzene rings is 1. The number of hydrogen-bond donors (Lipinski definition) is 0. The van der Waals surface area contributed by atoms with Crippen LogP contribution < -0.4 is 0 Å². The summed E-state index contributed by atoms with van der Waals surface area (Å²) in [6.07, 6.45) is 3.50. The Kier molecular flexibility index (Phi) is 5.74. The molecule has 6 heteroatoms. The van der Waals surface area contributed by atoms with Crippen LogP contribution in [0.4, 0.5) is 0 Å². The molecule has 120 valence electrons. The maximum absolute atomic E-state index is 12.1. The molecule has 5 nitrogen and oxygen atoms in total. The lowest BCUT2D eigenvalue weighted by atomic mass is 10.2. The SMILES string of the molecule is C/C(=C/COC(=O)c1ccccc1)CS(=O)(=O)N1CCCC1. The summed E-state index contributed by atoms with van der Waals surface area (Å²) in [6, 6.07) is 8.71. The highest BCUT2D eigenvalue weighted by Gasteiger charge is 2.25. The fraction of sp³-hybridized carbons (Fsp3) is 0.438. The zero-order chi connectivity index (χ0) is 16.0. The first-order valence-electron chi connectivity index (χ1n) is 7.35. The van der Waals surface area contributed by atoms with Crippen LogP contribution in [0.3, 0.4) is 0 Å². The lowest BCUT2D eigenvalue weighted by Crippen LogP contribution is -2.30. The van der Waals surface area contributed by atoms with Crippen molar-refractivity contribution in [3.05, 3.63) is 47.5 Å². The summed E-state index contributed by atoms with van der Waals surface area (Å²) in [5, 5.41) is 0. The summed E-state index contributed by atoms with van der Waals surface area (Å²) in [5.41, 5.74) is 1.17. The second-order valence-corrected chi connectivity index (χ2v) is 7.35. The van der Waals surface area contributed by atoms with Crippen LogP contribution in [0.25, 0.3) is 0 Å². The molecule has 1 aliphatic heterocycles. The van der Waals surface area contributed by atoms with Gasteiger partial charge in [-0.25, -0.2) is 17.5 Å². The van der Waals surface area contributed by atoms with Crippen LogP contribution in [-0.2, 0) is 14.8 Å². The number of ether oxygens (including phenoxy) is 1. The summed E-state index contributed by atoms with van der Waals surface area (Å²) in [4.78, 5) is 11.7. The Morgan fingerprint density at radius 1 is 1.23 bits per heavy atom. The molecular weight excluding hydrogens is 302 g/mol. The zero-order valence-corrected chi connectivity index (χ0v) is 13.5. The van der Waals surface area contributed by atoms with Crippen LogP contribution in [-0.4, -0.2) is 44.1 Å². The number of carbonyl (C=O) groups is 1. The third kappa shape index (κ3) is 4.68. The molecule has 0 unspecified atom stereocenters. The molecule has 0 N–H and O–H groups in total. The molecule has 1 aromatic rings. The third-order valence-corrected chi connectivity index (χ3v) is 5.50. The van der Waals surface area contributed by atoms with Crippen LogP contribution in [0.2, 0.25) is 0 Å². The maximum atomic E-state index is 12.1. The van der Waals surface area contributed by atoms with Crippen LogP contribution >= 0.6 is 0 Å². The molecule has 1 aromatic carbocycles. The lowest BCUT2D eigenvalue weighted by Gasteiger charge is -2.15. The summed E-state index contributed by atoms with van der Waals surface area (Å²) >= 11 is 0. The predicted molar refractivity (Wildman–Crippen MR) is 85.1 cm³/mol. The molecule has 1 heterocycles. The van der Waals surface area contributed by atoms with Crippen molar-refractivity contribution in [1.82, 2.24) is 4.31 Å². The van der Waals surface area contributed by atoms with Gasteiger partial charge in [0, 0.05) is 13.1 Å². The minimum absolute atomic E-state index is 0.0180. The van der Waals surface area contributed by atoms with Gasteiger partial charge in [-0.3, -0.25) is 0 Å². The van der Waals surface area contributed by atoms with Gasteiger partial charge >= 0.3 is 5.97 Å². The van der Waals surface area contributed by atoms with Gasteiger partial charge in [0.05, 0.1) is 11.3 Å². The van der Waals surface area contributed by atoms with E-state index < -0.39 is 16.0 Å². The average molecular weight is 323 g/mol. The Balaban J connectivity index is 1.84. The van der Waals surface area contributed by atoms with Gasteiger partial charge in [0.15, 0.2) is 0 Å². The van der Waals surface area contributed by atoms with Gasteiger partial charge in [0.1, 0.15) is 6.61 Å². The van der Waals surface area contributed by atoms with Crippen LogP contribution in [0.1, 0.15) is 30.1 Å². The van der Waals surface area contributed by atoms with E-state index in [4.69, 9.17) is 4.74 Å². The van der Waals surface area contributed by atoms with E-state index in [2.05, 4.69) is 0 Å². The number of carbonyl (C=O) groups excluding carboxylic acids is 1. The highest BCUT2D eigenvalue weighted by atomic mass is 32.2. The Morgan fingerprint density at radius 2 is 1.86 bits per heavy atom. The normalized spacial score (nSPS) is 16.7. The minimum atomic E-state index is -3.24. The molecule has 22 heavy (non-hydrogen) atoms. The molecule has 0 bridgehead atoms. The molecule has 0 aliphatic carbocycles. The van der Waals surface area contributed by atoms with Crippen molar-refractivity contribution in [3.63, 3.8) is 0 Å². The first-order chi connectivity index (χ1) is 10.5. The Morgan fingerprint density at radius 3 is 2.50 bits per heavy atom. The first-order valence-corrected chi connectivity index (χ1v) is 8.95. The van der Waals surface area contributed by atoms with Crippen molar-refractivity contribution in [2.24, 2.45) is 0 Å². The summed E-state index contributed by atoms with van der Waals surface area (Å²) < 4.78 is 30.9. The van der Waals surface area contributed by atoms with Crippen molar-refractivity contribution in [3.8, 4) is 0 Å². The van der Waals surface area contributed by atoms with Crippen molar-refractivity contribution in [2.45, 2.75) is 19.8 Å². The van der Waals surface area contributed by atoms with E-state index in [1.165, 1.54) is 4.31 Å². The molecule has 1 aliphatic rings. The number of esters is 1. The van der Waals surface area contributed by atoms with Crippen LogP contribution in [0.15, 0.2) is 42.0 Å². The Labute approximate surface area is 131 Å². The topological polar surface area (TPSA) is 63.7 Å². The van der Waals surface area contributed by atoms with Gasteiger partial charge in [-0.05, 0) is 38.0 Å². The van der Waals surface area contributed by atoms with Gasteiger partial charge in [-0.2, -0.15) is 0 Å². The van der Waals surface area contributed by atoms with E-state index in [1.54, 1.807) is 37.3 Å². The van der Waals surface area contributed by atoms with Gasteiger partial charge in [-0.15, -0.1) is 0 Å². The molecule has 0 spiro atoms. The van der Waals surface area contributed by atoms with Gasteiger partial charge in [0.25, 0.3) is 0 Å². The number of nitrogens with zero attached hydrogens (tertiary/aromatic N) is 1. The second kappa shape index (κ2) is 7.56. The highest BCUT2D eigenvalue weighted by molar-refractivity contribution is 7.89. The monoisotopic (exact) mass is 323 g/mol. The molecule has 2 rings (SSSR count). The molecule has 1 fully saturated rings.